The first-order chi connectivity index (χ1) is 12.9. The number of carboxylic acids is 1. The van der Waals surface area contributed by atoms with Crippen LogP contribution in [0.15, 0.2) is 36.5 Å². The Hall–Kier alpha value is -3.33. The molecule has 0 fully saturated rings. The fourth-order valence-electron chi connectivity index (χ4n) is 2.79. The molecular weight excluding hydrogens is 350 g/mol. The summed E-state index contributed by atoms with van der Waals surface area (Å²) in [6.45, 7) is 2.88. The van der Waals surface area contributed by atoms with E-state index in [1.807, 2.05) is 30.3 Å². The summed E-state index contributed by atoms with van der Waals surface area (Å²) in [7, 11) is 1.36. The van der Waals surface area contributed by atoms with Crippen molar-refractivity contribution in [2.24, 2.45) is 0 Å². The van der Waals surface area contributed by atoms with Crippen LogP contribution in [-0.2, 0) is 9.53 Å². The molecule has 27 heavy (non-hydrogen) atoms. The van der Waals surface area contributed by atoms with Crippen molar-refractivity contribution >= 4 is 22.8 Å². The Labute approximate surface area is 155 Å². The minimum Gasteiger partial charge on any atom is -0.479 e. The Morgan fingerprint density at radius 3 is 2.78 bits per heavy atom. The summed E-state index contributed by atoms with van der Waals surface area (Å²) < 4.78 is 6.45. The Morgan fingerprint density at radius 2 is 2.07 bits per heavy atom. The normalized spacial score (nSPS) is 13.3. The van der Waals surface area contributed by atoms with Crippen molar-refractivity contribution in [2.45, 2.75) is 19.4 Å². The topological polar surface area (TPSA) is 119 Å². The van der Waals surface area contributed by atoms with E-state index in [4.69, 9.17) is 4.74 Å². The van der Waals surface area contributed by atoms with Gasteiger partial charge in [0.1, 0.15) is 0 Å². The van der Waals surface area contributed by atoms with Crippen LogP contribution in [0.3, 0.4) is 0 Å². The lowest BCUT2D eigenvalue weighted by Gasteiger charge is -2.24. The number of methoxy groups -OCH3 is 1. The van der Waals surface area contributed by atoms with E-state index >= 15 is 0 Å². The number of ether oxygens (including phenoxy) is 1. The minimum atomic E-state index is -1.58. The highest BCUT2D eigenvalue weighted by Gasteiger charge is 2.36. The van der Waals surface area contributed by atoms with Gasteiger partial charge in [-0.2, -0.15) is 0 Å². The predicted molar refractivity (Wildman–Crippen MR) is 96.8 cm³/mol. The Balaban J connectivity index is 1.98. The highest BCUT2D eigenvalue weighted by molar-refractivity contribution is 5.97. The van der Waals surface area contributed by atoms with Crippen LogP contribution in [0.1, 0.15) is 23.1 Å². The second-order valence-electron chi connectivity index (χ2n) is 6.31. The van der Waals surface area contributed by atoms with Gasteiger partial charge >= 0.3 is 5.97 Å². The zero-order valence-electron chi connectivity index (χ0n) is 15.1. The molecule has 1 aromatic carbocycles. The fourth-order valence-corrected chi connectivity index (χ4v) is 2.79. The van der Waals surface area contributed by atoms with E-state index in [-0.39, 0.29) is 12.3 Å². The molecule has 2 N–H and O–H groups in total. The molecule has 0 aliphatic carbocycles. The maximum atomic E-state index is 12.6. The number of hydrogen-bond acceptors (Lipinski definition) is 6. The number of benzene rings is 1. The SMILES string of the molecule is COCC(C)(NC(=O)c1nnn(-c2cccc3ncccc23)c1C)C(=O)O. The number of carbonyl (C=O) groups is 2. The summed E-state index contributed by atoms with van der Waals surface area (Å²) >= 11 is 0. The number of nitrogens with one attached hydrogen (secondary N) is 1. The average molecular weight is 369 g/mol. The molecule has 0 bridgehead atoms. The van der Waals surface area contributed by atoms with Gasteiger partial charge in [-0.1, -0.05) is 11.3 Å². The maximum Gasteiger partial charge on any atom is 0.331 e. The lowest BCUT2D eigenvalue weighted by molar-refractivity contribution is -0.145. The number of hydrogen-bond donors (Lipinski definition) is 2. The van der Waals surface area contributed by atoms with Gasteiger partial charge in [0.25, 0.3) is 5.91 Å². The molecule has 0 aliphatic heterocycles. The molecular formula is C18H19N5O4. The molecule has 1 unspecified atom stereocenters. The Bertz CT molecular complexity index is 1010. The zero-order valence-corrected chi connectivity index (χ0v) is 15.1. The monoisotopic (exact) mass is 369 g/mol. The number of pyridine rings is 1. The molecule has 3 rings (SSSR count). The number of carboxylic acid groups (broad SMARTS) is 1. The van der Waals surface area contributed by atoms with E-state index in [9.17, 15) is 14.7 Å². The second-order valence-corrected chi connectivity index (χ2v) is 6.31. The van der Waals surface area contributed by atoms with Gasteiger partial charge in [-0.3, -0.25) is 9.78 Å². The number of amides is 1. The number of nitrogens with zero attached hydrogens (tertiary/aromatic N) is 4. The van der Waals surface area contributed by atoms with Crippen molar-refractivity contribution in [1.29, 1.82) is 0 Å². The number of aliphatic carboxylic acids is 1. The lowest BCUT2D eigenvalue weighted by atomic mass is 10.0. The van der Waals surface area contributed by atoms with Crippen LogP contribution >= 0.6 is 0 Å². The summed E-state index contributed by atoms with van der Waals surface area (Å²) in [5.41, 5.74) is 0.455. The molecule has 2 aromatic heterocycles. The van der Waals surface area contributed by atoms with Crippen LogP contribution in [0, 0.1) is 6.92 Å². The van der Waals surface area contributed by atoms with E-state index in [0.717, 1.165) is 16.6 Å². The largest absolute Gasteiger partial charge is 0.479 e. The number of fused-ring (bicyclic) bond motifs is 1. The third-order valence-electron chi connectivity index (χ3n) is 4.25. The second kappa shape index (κ2) is 7.12. The molecule has 0 saturated carbocycles. The van der Waals surface area contributed by atoms with Crippen LogP contribution in [0.5, 0.6) is 0 Å². The Kier molecular flexibility index (Phi) is 4.87. The third kappa shape index (κ3) is 3.36. The highest BCUT2D eigenvalue weighted by Crippen LogP contribution is 2.22. The average Bonchev–Trinajstić information content (AvgIpc) is 3.02. The molecule has 0 saturated heterocycles. The molecule has 3 aromatic rings. The van der Waals surface area contributed by atoms with Crippen LogP contribution in [0.25, 0.3) is 16.6 Å². The van der Waals surface area contributed by atoms with Gasteiger partial charge in [0.15, 0.2) is 11.2 Å². The van der Waals surface area contributed by atoms with E-state index < -0.39 is 17.4 Å². The van der Waals surface area contributed by atoms with Crippen molar-refractivity contribution in [3.8, 4) is 5.69 Å². The summed E-state index contributed by atoms with van der Waals surface area (Å²) in [5.74, 6) is -1.85. The van der Waals surface area contributed by atoms with Crippen molar-refractivity contribution in [3.05, 3.63) is 47.9 Å². The van der Waals surface area contributed by atoms with Gasteiger partial charge in [-0.25, -0.2) is 9.48 Å². The van der Waals surface area contributed by atoms with Gasteiger partial charge in [0.2, 0.25) is 0 Å². The quantitative estimate of drug-likeness (QED) is 0.673. The molecule has 9 nitrogen and oxygen atoms in total. The first kappa shape index (κ1) is 18.5. The highest BCUT2D eigenvalue weighted by atomic mass is 16.5. The van der Waals surface area contributed by atoms with E-state index in [2.05, 4.69) is 20.6 Å². The first-order valence-corrected chi connectivity index (χ1v) is 8.18. The van der Waals surface area contributed by atoms with Gasteiger partial charge in [-0.15, -0.1) is 5.10 Å². The van der Waals surface area contributed by atoms with Crippen LogP contribution < -0.4 is 5.32 Å². The molecule has 9 heteroatoms. The number of rotatable bonds is 6. The Morgan fingerprint density at radius 1 is 1.30 bits per heavy atom. The predicted octanol–water partition coefficient (Wildman–Crippen LogP) is 1.34. The number of aromatic nitrogens is 4. The van der Waals surface area contributed by atoms with Gasteiger partial charge < -0.3 is 15.2 Å². The lowest BCUT2D eigenvalue weighted by Crippen LogP contribution is -2.55. The molecule has 2 heterocycles. The van der Waals surface area contributed by atoms with Crippen molar-refractivity contribution in [3.63, 3.8) is 0 Å². The third-order valence-corrected chi connectivity index (χ3v) is 4.25. The van der Waals surface area contributed by atoms with Crippen molar-refractivity contribution in [1.82, 2.24) is 25.3 Å². The van der Waals surface area contributed by atoms with Gasteiger partial charge in [0, 0.05) is 18.7 Å². The van der Waals surface area contributed by atoms with Gasteiger partial charge in [0.05, 0.1) is 23.5 Å². The van der Waals surface area contributed by atoms with Crippen LogP contribution in [-0.4, -0.2) is 56.2 Å². The summed E-state index contributed by atoms with van der Waals surface area (Å²) in [5, 5.41) is 20.7. The first-order valence-electron chi connectivity index (χ1n) is 8.18. The summed E-state index contributed by atoms with van der Waals surface area (Å²) in [4.78, 5) is 28.4. The molecule has 1 amide bonds. The zero-order chi connectivity index (χ0) is 19.6. The smallest absolute Gasteiger partial charge is 0.331 e. The molecule has 0 aliphatic rings. The van der Waals surface area contributed by atoms with Crippen LogP contribution in [0.4, 0.5) is 0 Å². The standard InChI is InChI=1S/C18H19N5O4/c1-11-15(16(24)20-18(2,10-27-3)17(25)26)21-22-23(11)14-8-4-7-13-12(14)6-5-9-19-13/h4-9H,10H2,1-3H3,(H,20,24)(H,25,26). The van der Waals surface area contributed by atoms with E-state index in [1.54, 1.807) is 13.1 Å². The fraction of sp³-hybridized carbons (Fsp3) is 0.278. The van der Waals surface area contributed by atoms with Crippen molar-refractivity contribution in [2.75, 3.05) is 13.7 Å². The molecule has 1 atom stereocenters. The van der Waals surface area contributed by atoms with Gasteiger partial charge in [-0.05, 0) is 38.1 Å². The van der Waals surface area contributed by atoms with Crippen molar-refractivity contribution < 1.29 is 19.4 Å². The molecule has 0 radical (unpaired) electrons. The summed E-state index contributed by atoms with van der Waals surface area (Å²) in [6, 6.07) is 9.28. The molecule has 140 valence electrons. The minimum absolute atomic E-state index is 0.0412. The maximum absolute atomic E-state index is 12.6. The molecule has 0 spiro atoms. The van der Waals surface area contributed by atoms with E-state index in [1.165, 1.54) is 18.7 Å². The van der Waals surface area contributed by atoms with Crippen LogP contribution in [0.2, 0.25) is 0 Å². The summed E-state index contributed by atoms with van der Waals surface area (Å²) in [6.07, 6.45) is 1.70. The van der Waals surface area contributed by atoms with E-state index in [0.29, 0.717) is 5.69 Å². The number of carbonyl (C=O) groups excluding carboxylic acids is 1.